The first kappa shape index (κ1) is 17.2. The van der Waals surface area contributed by atoms with Crippen molar-refractivity contribution in [1.82, 2.24) is 10.2 Å². The molecule has 1 fully saturated rings. The van der Waals surface area contributed by atoms with Crippen molar-refractivity contribution in [2.24, 2.45) is 5.92 Å². The molecule has 2 aliphatic rings. The van der Waals surface area contributed by atoms with Gasteiger partial charge in [0.2, 0.25) is 5.91 Å². The van der Waals surface area contributed by atoms with E-state index in [-0.39, 0.29) is 18.1 Å². The highest BCUT2D eigenvalue weighted by atomic mass is 16.5. The number of carbonyl (C=O) groups excluding carboxylic acids is 1. The van der Waals surface area contributed by atoms with Crippen molar-refractivity contribution in [3.05, 3.63) is 29.8 Å². The highest BCUT2D eigenvalue weighted by Crippen LogP contribution is 2.27. The third kappa shape index (κ3) is 4.48. The van der Waals surface area contributed by atoms with Gasteiger partial charge in [0.15, 0.2) is 0 Å². The number of carbonyl (C=O) groups is 1. The van der Waals surface area contributed by atoms with Gasteiger partial charge in [-0.15, -0.1) is 0 Å². The summed E-state index contributed by atoms with van der Waals surface area (Å²) in [5.41, 5.74) is 1.21. The molecule has 1 aromatic rings. The molecule has 5 heteroatoms. The largest absolute Gasteiger partial charge is 0.488 e. The number of hydrogen-bond donors (Lipinski definition) is 2. The molecule has 1 heterocycles. The Hall–Kier alpha value is -1.59. The molecular weight excluding hydrogens is 304 g/mol. The van der Waals surface area contributed by atoms with E-state index in [1.54, 1.807) is 0 Å². The maximum absolute atomic E-state index is 12.1. The Bertz CT molecular complexity index is 538. The molecule has 0 bridgehead atoms. The number of para-hydroxylation sites is 1. The van der Waals surface area contributed by atoms with E-state index >= 15 is 0 Å². The highest BCUT2D eigenvalue weighted by Gasteiger charge is 2.25. The molecular formula is C19H28N2O3. The Kier molecular flexibility index (Phi) is 5.74. The van der Waals surface area contributed by atoms with Gasteiger partial charge in [-0.3, -0.25) is 9.69 Å². The summed E-state index contributed by atoms with van der Waals surface area (Å²) in [6.07, 6.45) is 4.91. The van der Waals surface area contributed by atoms with Crippen LogP contribution in [-0.4, -0.2) is 54.8 Å². The van der Waals surface area contributed by atoms with Gasteiger partial charge in [-0.2, -0.15) is 0 Å². The average molecular weight is 332 g/mol. The van der Waals surface area contributed by atoms with Gasteiger partial charge in [-0.05, 0) is 37.4 Å². The molecule has 0 spiro atoms. The fourth-order valence-corrected chi connectivity index (χ4v) is 3.76. The van der Waals surface area contributed by atoms with Crippen LogP contribution in [0, 0.1) is 5.92 Å². The van der Waals surface area contributed by atoms with Crippen LogP contribution in [0.2, 0.25) is 0 Å². The minimum Gasteiger partial charge on any atom is -0.488 e. The van der Waals surface area contributed by atoms with Gasteiger partial charge in [-0.1, -0.05) is 31.0 Å². The van der Waals surface area contributed by atoms with Gasteiger partial charge in [0.25, 0.3) is 0 Å². The van der Waals surface area contributed by atoms with Crippen LogP contribution in [0.25, 0.3) is 0 Å². The number of ether oxygens (including phenoxy) is 1. The van der Waals surface area contributed by atoms with Crippen molar-refractivity contribution in [3.8, 4) is 5.75 Å². The number of nitrogens with zero attached hydrogens (tertiary/aromatic N) is 1. The number of aliphatic hydroxyl groups is 1. The smallest absolute Gasteiger partial charge is 0.234 e. The zero-order valence-corrected chi connectivity index (χ0v) is 14.4. The molecule has 1 aliphatic carbocycles. The van der Waals surface area contributed by atoms with Crippen LogP contribution in [0.15, 0.2) is 24.3 Å². The van der Waals surface area contributed by atoms with E-state index in [4.69, 9.17) is 4.74 Å². The molecule has 3 unspecified atom stereocenters. The minimum absolute atomic E-state index is 0.0161. The first-order valence-corrected chi connectivity index (χ1v) is 8.99. The van der Waals surface area contributed by atoms with Crippen LogP contribution in [0.4, 0.5) is 0 Å². The minimum atomic E-state index is -0.213. The number of fused-ring (bicyclic) bond motifs is 1. The molecule has 0 aromatic heterocycles. The Morgan fingerprint density at radius 2 is 2.12 bits per heavy atom. The van der Waals surface area contributed by atoms with E-state index in [2.05, 4.69) is 11.4 Å². The lowest BCUT2D eigenvalue weighted by Crippen LogP contribution is -2.42. The Morgan fingerprint density at radius 1 is 1.33 bits per heavy atom. The summed E-state index contributed by atoms with van der Waals surface area (Å²) in [5, 5.41) is 13.0. The molecule has 1 saturated carbocycles. The molecule has 0 saturated heterocycles. The van der Waals surface area contributed by atoms with Gasteiger partial charge < -0.3 is 15.2 Å². The van der Waals surface area contributed by atoms with Gasteiger partial charge in [0, 0.05) is 13.0 Å². The zero-order chi connectivity index (χ0) is 16.9. The fraction of sp³-hybridized carbons (Fsp3) is 0.632. The average Bonchev–Trinajstić information content (AvgIpc) is 2.98. The van der Waals surface area contributed by atoms with Crippen molar-refractivity contribution in [1.29, 1.82) is 0 Å². The van der Waals surface area contributed by atoms with Gasteiger partial charge in [0.05, 0.1) is 19.2 Å². The second-order valence-corrected chi connectivity index (χ2v) is 7.16. The van der Waals surface area contributed by atoms with E-state index in [0.29, 0.717) is 19.0 Å². The molecule has 0 radical (unpaired) electrons. The summed E-state index contributed by atoms with van der Waals surface area (Å²) >= 11 is 0. The van der Waals surface area contributed by atoms with Crippen LogP contribution >= 0.6 is 0 Å². The summed E-state index contributed by atoms with van der Waals surface area (Å²) in [4.78, 5) is 14.1. The highest BCUT2D eigenvalue weighted by molar-refractivity contribution is 5.78. The maximum atomic E-state index is 12.1. The van der Waals surface area contributed by atoms with Crippen molar-refractivity contribution >= 4 is 5.91 Å². The normalized spacial score (nSPS) is 26.0. The lowest BCUT2D eigenvalue weighted by Gasteiger charge is -2.31. The summed E-state index contributed by atoms with van der Waals surface area (Å²) in [5.74, 6) is 1.24. The lowest BCUT2D eigenvalue weighted by molar-refractivity contribution is -0.122. The number of benzene rings is 1. The second kappa shape index (κ2) is 7.99. The van der Waals surface area contributed by atoms with Gasteiger partial charge >= 0.3 is 0 Å². The Balaban J connectivity index is 1.37. The first-order chi connectivity index (χ1) is 11.6. The number of likely N-dealkylation sites (N-methyl/N-ethyl adjacent to an activating group) is 1. The van der Waals surface area contributed by atoms with Gasteiger partial charge in [-0.25, -0.2) is 0 Å². The third-order valence-corrected chi connectivity index (χ3v) is 5.07. The standard InChI is InChI=1S/C19H28N2O3/c1-21(12-15-7-2-4-8-17(15)22)13-19(23)20-11-16-10-14-6-3-5-9-18(14)24-16/h3,5-6,9,15-17,22H,2,4,7-8,10-13H2,1H3,(H,20,23). The number of rotatable bonds is 6. The molecule has 1 amide bonds. The van der Waals surface area contributed by atoms with Crippen molar-refractivity contribution in [2.75, 3.05) is 26.7 Å². The topological polar surface area (TPSA) is 61.8 Å². The predicted molar refractivity (Wildman–Crippen MR) is 93.0 cm³/mol. The molecule has 3 rings (SSSR count). The van der Waals surface area contributed by atoms with Crippen LogP contribution in [0.3, 0.4) is 0 Å². The van der Waals surface area contributed by atoms with E-state index in [9.17, 15) is 9.90 Å². The number of aliphatic hydroxyl groups excluding tert-OH is 1. The molecule has 24 heavy (non-hydrogen) atoms. The maximum Gasteiger partial charge on any atom is 0.234 e. The van der Waals surface area contributed by atoms with E-state index in [0.717, 1.165) is 38.0 Å². The Labute approximate surface area is 144 Å². The number of hydrogen-bond acceptors (Lipinski definition) is 4. The number of amides is 1. The molecule has 5 nitrogen and oxygen atoms in total. The van der Waals surface area contributed by atoms with Crippen LogP contribution in [-0.2, 0) is 11.2 Å². The molecule has 2 N–H and O–H groups in total. The zero-order valence-electron chi connectivity index (χ0n) is 14.4. The summed E-state index contributed by atoms with van der Waals surface area (Å²) in [6.45, 7) is 1.68. The monoisotopic (exact) mass is 332 g/mol. The molecule has 1 aromatic carbocycles. The lowest BCUT2D eigenvalue weighted by atomic mass is 9.86. The predicted octanol–water partition coefficient (Wildman–Crippen LogP) is 1.59. The number of nitrogens with one attached hydrogen (secondary N) is 1. The second-order valence-electron chi connectivity index (χ2n) is 7.16. The fourth-order valence-electron chi connectivity index (χ4n) is 3.76. The van der Waals surface area contributed by atoms with E-state index in [1.165, 1.54) is 12.0 Å². The van der Waals surface area contributed by atoms with Crippen LogP contribution in [0.5, 0.6) is 5.75 Å². The van der Waals surface area contributed by atoms with Crippen molar-refractivity contribution < 1.29 is 14.6 Å². The molecule has 1 aliphatic heterocycles. The summed E-state index contributed by atoms with van der Waals surface area (Å²) in [6, 6.07) is 8.02. The van der Waals surface area contributed by atoms with E-state index in [1.807, 2.05) is 30.1 Å². The summed E-state index contributed by atoms with van der Waals surface area (Å²) in [7, 11) is 1.95. The van der Waals surface area contributed by atoms with Gasteiger partial charge in [0.1, 0.15) is 11.9 Å². The van der Waals surface area contributed by atoms with Crippen LogP contribution in [0.1, 0.15) is 31.2 Å². The quantitative estimate of drug-likeness (QED) is 0.830. The van der Waals surface area contributed by atoms with Crippen molar-refractivity contribution in [2.45, 2.75) is 44.3 Å². The van der Waals surface area contributed by atoms with E-state index < -0.39 is 0 Å². The van der Waals surface area contributed by atoms with Crippen molar-refractivity contribution in [3.63, 3.8) is 0 Å². The molecule has 132 valence electrons. The van der Waals surface area contributed by atoms with Crippen LogP contribution < -0.4 is 10.1 Å². The first-order valence-electron chi connectivity index (χ1n) is 8.99. The third-order valence-electron chi connectivity index (χ3n) is 5.07. The summed E-state index contributed by atoms with van der Waals surface area (Å²) < 4.78 is 5.84. The molecule has 3 atom stereocenters. The SMILES string of the molecule is CN(CC(=O)NCC1Cc2ccccc2O1)CC1CCCCC1O. The Morgan fingerprint density at radius 3 is 2.92 bits per heavy atom.